The fourth-order valence-electron chi connectivity index (χ4n) is 4.64. The first-order valence-corrected chi connectivity index (χ1v) is 11.5. The highest BCUT2D eigenvalue weighted by atomic mass is 16.6. The topological polar surface area (TPSA) is 51.4 Å². The molecule has 0 radical (unpaired) electrons. The van der Waals surface area contributed by atoms with Crippen LogP contribution in [0.2, 0.25) is 0 Å². The third-order valence-corrected chi connectivity index (χ3v) is 6.39. The average Bonchev–Trinajstić information content (AvgIpc) is 3.63. The van der Waals surface area contributed by atoms with E-state index in [2.05, 4.69) is 95.4 Å². The molecule has 0 unspecified atom stereocenters. The largest absolute Gasteiger partial charge is 0.396 e. The monoisotopic (exact) mass is 432 g/mol. The molecule has 0 spiro atoms. The molecule has 32 heavy (non-hydrogen) atoms. The summed E-state index contributed by atoms with van der Waals surface area (Å²) < 4.78 is 2.37. The zero-order valence-electron chi connectivity index (χ0n) is 19.3. The van der Waals surface area contributed by atoms with E-state index in [4.69, 9.17) is 4.84 Å². The van der Waals surface area contributed by atoms with Crippen molar-refractivity contribution in [3.05, 3.63) is 79.1 Å². The maximum atomic E-state index is 5.08. The van der Waals surface area contributed by atoms with E-state index in [0.717, 1.165) is 49.7 Å². The second-order valence-corrected chi connectivity index (χ2v) is 8.36. The minimum absolute atomic E-state index is 0.247. The number of nitrogens with zero attached hydrogens (tertiary/aromatic N) is 3. The fourth-order valence-corrected chi connectivity index (χ4v) is 4.64. The summed E-state index contributed by atoms with van der Waals surface area (Å²) in [7, 11) is 0. The molecule has 5 rings (SSSR count). The summed E-state index contributed by atoms with van der Waals surface area (Å²) in [5, 5.41) is 6.90. The zero-order valence-corrected chi connectivity index (χ0v) is 19.3. The van der Waals surface area contributed by atoms with Crippen molar-refractivity contribution in [2.24, 2.45) is 5.16 Å². The molecule has 2 aliphatic rings. The van der Waals surface area contributed by atoms with Gasteiger partial charge in [0, 0.05) is 18.2 Å². The number of hydrogen-bond acceptors (Lipinski definition) is 4. The van der Waals surface area contributed by atoms with Crippen LogP contribution in [0.5, 0.6) is 0 Å². The summed E-state index contributed by atoms with van der Waals surface area (Å²) in [4.78, 5) is 9.61. The molecule has 170 valence electrons. The molecule has 1 saturated carbocycles. The van der Waals surface area contributed by atoms with Crippen LogP contribution in [0.3, 0.4) is 0 Å². The van der Waals surface area contributed by atoms with Gasteiger partial charge in [-0.2, -0.15) is 0 Å². The van der Waals surface area contributed by atoms with Crippen molar-refractivity contribution in [1.82, 2.24) is 14.9 Å². The Morgan fingerprint density at radius 1 is 1.06 bits per heavy atom. The van der Waals surface area contributed by atoms with E-state index < -0.39 is 0 Å². The molecule has 5 heteroatoms. The molecule has 1 N–H and O–H groups in total. The van der Waals surface area contributed by atoms with E-state index in [0.29, 0.717) is 6.61 Å². The second kappa shape index (κ2) is 11.6. The molecular formula is C27H36N4O. The Labute approximate surface area is 192 Å². The molecule has 0 bridgehead atoms. The third-order valence-electron chi connectivity index (χ3n) is 6.39. The lowest BCUT2D eigenvalue weighted by atomic mass is 9.71. The first-order valence-electron chi connectivity index (χ1n) is 11.5. The van der Waals surface area contributed by atoms with Crippen molar-refractivity contribution in [1.29, 1.82) is 0 Å². The molecular weight excluding hydrogens is 396 g/mol. The maximum absolute atomic E-state index is 5.08. The highest BCUT2D eigenvalue weighted by Gasteiger charge is 2.33. The van der Waals surface area contributed by atoms with Gasteiger partial charge in [-0.3, -0.25) is 0 Å². The SMILES string of the molecule is C=C.C=NOCCC1(c2ccccc2)CCNCC1.Cc1nc2ccccc2n1C1CC1. The van der Waals surface area contributed by atoms with Crippen molar-refractivity contribution in [2.75, 3.05) is 19.7 Å². The van der Waals surface area contributed by atoms with Gasteiger partial charge in [0.1, 0.15) is 12.4 Å². The summed E-state index contributed by atoms with van der Waals surface area (Å²) in [5.41, 5.74) is 4.10. The number of hydrogen-bond donors (Lipinski definition) is 1. The van der Waals surface area contributed by atoms with Crippen LogP contribution < -0.4 is 5.32 Å². The van der Waals surface area contributed by atoms with E-state index in [9.17, 15) is 0 Å². The van der Waals surface area contributed by atoms with Gasteiger partial charge in [0.15, 0.2) is 0 Å². The minimum atomic E-state index is 0.247. The van der Waals surface area contributed by atoms with Crippen LogP contribution in [0.15, 0.2) is 72.9 Å². The van der Waals surface area contributed by atoms with Crippen LogP contribution in [-0.4, -0.2) is 36.0 Å². The Kier molecular flexibility index (Phi) is 8.63. The highest BCUT2D eigenvalue weighted by Crippen LogP contribution is 2.38. The van der Waals surface area contributed by atoms with Crippen molar-refractivity contribution >= 4 is 17.8 Å². The Hall–Kier alpha value is -2.92. The second-order valence-electron chi connectivity index (χ2n) is 8.36. The Morgan fingerprint density at radius 3 is 2.38 bits per heavy atom. The van der Waals surface area contributed by atoms with E-state index in [1.165, 1.54) is 23.9 Å². The molecule has 0 atom stereocenters. The van der Waals surface area contributed by atoms with E-state index in [1.807, 2.05) is 6.07 Å². The van der Waals surface area contributed by atoms with Crippen molar-refractivity contribution in [3.63, 3.8) is 0 Å². The number of rotatable bonds is 6. The number of fused-ring (bicyclic) bond motifs is 1. The van der Waals surface area contributed by atoms with Crippen LogP contribution in [0.25, 0.3) is 11.0 Å². The zero-order chi connectivity index (χ0) is 22.8. The number of para-hydroxylation sites is 2. The summed E-state index contributed by atoms with van der Waals surface area (Å²) in [5.74, 6) is 1.16. The molecule has 1 aromatic heterocycles. The van der Waals surface area contributed by atoms with E-state index in [-0.39, 0.29) is 5.41 Å². The van der Waals surface area contributed by atoms with Gasteiger partial charge < -0.3 is 14.7 Å². The van der Waals surface area contributed by atoms with Gasteiger partial charge in [0.2, 0.25) is 0 Å². The van der Waals surface area contributed by atoms with Crippen molar-refractivity contribution in [2.45, 2.75) is 50.5 Å². The first kappa shape index (κ1) is 23.7. The number of oxime groups is 1. The number of piperidine rings is 1. The quantitative estimate of drug-likeness (QED) is 0.231. The summed E-state index contributed by atoms with van der Waals surface area (Å²) in [6.45, 7) is 14.3. The highest BCUT2D eigenvalue weighted by molar-refractivity contribution is 5.76. The van der Waals surface area contributed by atoms with Crippen molar-refractivity contribution < 1.29 is 4.84 Å². The molecule has 5 nitrogen and oxygen atoms in total. The summed E-state index contributed by atoms with van der Waals surface area (Å²) >= 11 is 0. The van der Waals surface area contributed by atoms with Crippen LogP contribution in [0.1, 0.15) is 49.5 Å². The Balaban J connectivity index is 0.000000172. The van der Waals surface area contributed by atoms with E-state index in [1.54, 1.807) is 0 Å². The molecule has 3 aromatic rings. The van der Waals surface area contributed by atoms with Crippen LogP contribution in [0, 0.1) is 6.92 Å². The molecule has 0 amide bonds. The van der Waals surface area contributed by atoms with Gasteiger partial charge in [0.25, 0.3) is 0 Å². The Morgan fingerprint density at radius 2 is 1.72 bits per heavy atom. The molecule has 1 saturated heterocycles. The molecule has 2 fully saturated rings. The number of aromatic nitrogens is 2. The maximum Gasteiger partial charge on any atom is 0.118 e. The predicted molar refractivity (Wildman–Crippen MR) is 134 cm³/mol. The van der Waals surface area contributed by atoms with Gasteiger partial charge in [-0.15, -0.1) is 18.3 Å². The number of nitrogens with one attached hydrogen (secondary N) is 1. The lowest BCUT2D eigenvalue weighted by Gasteiger charge is -2.38. The van der Waals surface area contributed by atoms with Crippen LogP contribution in [-0.2, 0) is 10.3 Å². The number of aryl methyl sites for hydroxylation is 1. The van der Waals surface area contributed by atoms with Gasteiger partial charge in [-0.1, -0.05) is 42.5 Å². The van der Waals surface area contributed by atoms with Crippen molar-refractivity contribution in [3.8, 4) is 0 Å². The summed E-state index contributed by atoms with van der Waals surface area (Å²) in [6, 6.07) is 19.9. The average molecular weight is 433 g/mol. The van der Waals surface area contributed by atoms with Gasteiger partial charge in [-0.05, 0) is 69.8 Å². The molecule has 2 heterocycles. The van der Waals surface area contributed by atoms with Crippen LogP contribution >= 0.6 is 0 Å². The lowest BCUT2D eigenvalue weighted by Crippen LogP contribution is -2.40. The smallest absolute Gasteiger partial charge is 0.118 e. The minimum Gasteiger partial charge on any atom is -0.396 e. The molecule has 1 aliphatic heterocycles. The normalized spacial score (nSPS) is 16.8. The summed E-state index contributed by atoms with van der Waals surface area (Å²) in [6.07, 6.45) is 5.98. The number of benzene rings is 2. The Bertz CT molecular complexity index is 972. The van der Waals surface area contributed by atoms with E-state index >= 15 is 0 Å². The first-order chi connectivity index (χ1) is 15.7. The molecule has 2 aromatic carbocycles. The van der Waals surface area contributed by atoms with Crippen LogP contribution in [0.4, 0.5) is 0 Å². The number of imidazole rings is 1. The lowest BCUT2D eigenvalue weighted by molar-refractivity contribution is 0.114. The third kappa shape index (κ3) is 5.65. The van der Waals surface area contributed by atoms with Gasteiger partial charge in [0.05, 0.1) is 11.0 Å². The standard InChI is InChI=1S/C14H20N2O.C11H12N2.C2H4/c1-15-17-12-9-14(7-10-16-11-8-14)13-5-3-2-4-6-13;1-8-12-10-4-2-3-5-11(10)13(8)9-6-7-9;1-2/h2-6,16H,1,7-12H2;2-5,9H,6-7H2,1H3;1-2H2. The van der Waals surface area contributed by atoms with Gasteiger partial charge in [-0.25, -0.2) is 4.98 Å². The predicted octanol–water partition coefficient (Wildman–Crippen LogP) is 5.81. The van der Waals surface area contributed by atoms with Gasteiger partial charge >= 0.3 is 0 Å². The molecule has 1 aliphatic carbocycles. The fraction of sp³-hybridized carbons (Fsp3) is 0.407.